The summed E-state index contributed by atoms with van der Waals surface area (Å²) in [6.07, 6.45) is 4.14. The third kappa shape index (κ3) is 4.32. The summed E-state index contributed by atoms with van der Waals surface area (Å²) in [5.41, 5.74) is 4.92. The molecule has 0 spiro atoms. The topological polar surface area (TPSA) is 40.5 Å². The standard InChI is InChI=1S/C26H31ClN4OS/c1-17(2)10-12-28-26(32)31-15-21-20-11-14-29(3)16-23(20)33-25(21)30-13-4-5-22(30)24(31)18-6-8-19(27)9-7-18/h4-9,13,17,24H,10-12,14-16H2,1-3H3,(H,28,32)/t24-/m0/s1. The summed E-state index contributed by atoms with van der Waals surface area (Å²) >= 11 is 8.08. The van der Waals surface area contributed by atoms with Crippen LogP contribution in [0.3, 0.4) is 0 Å². The van der Waals surface area contributed by atoms with E-state index < -0.39 is 0 Å². The minimum Gasteiger partial charge on any atom is -0.338 e. The minimum absolute atomic E-state index is 0.0101. The van der Waals surface area contributed by atoms with Crippen molar-refractivity contribution in [3.8, 4) is 5.00 Å². The van der Waals surface area contributed by atoms with Crippen molar-refractivity contribution >= 4 is 29.0 Å². The maximum absolute atomic E-state index is 13.6. The van der Waals surface area contributed by atoms with Crippen LogP contribution in [0.1, 0.15) is 53.6 Å². The van der Waals surface area contributed by atoms with E-state index in [4.69, 9.17) is 11.6 Å². The van der Waals surface area contributed by atoms with Crippen LogP contribution < -0.4 is 5.32 Å². The average Bonchev–Trinajstić information content (AvgIpc) is 3.35. The number of aromatic nitrogens is 1. The summed E-state index contributed by atoms with van der Waals surface area (Å²) in [7, 11) is 2.18. The van der Waals surface area contributed by atoms with Gasteiger partial charge in [-0.05, 0) is 61.2 Å². The first-order valence-corrected chi connectivity index (χ1v) is 12.9. The molecule has 0 bridgehead atoms. The molecular weight excluding hydrogens is 452 g/mol. The molecule has 0 aliphatic carbocycles. The number of likely N-dealkylation sites (N-methyl/N-ethyl adjacent to an activating group) is 1. The van der Waals surface area contributed by atoms with Crippen LogP contribution >= 0.6 is 22.9 Å². The maximum Gasteiger partial charge on any atom is 0.318 e. The van der Waals surface area contributed by atoms with Gasteiger partial charge in [0, 0.05) is 41.3 Å². The molecule has 5 nitrogen and oxygen atoms in total. The molecular formula is C26H31ClN4OS. The number of nitrogens with zero attached hydrogens (tertiary/aromatic N) is 3. The van der Waals surface area contributed by atoms with Crippen LogP contribution in [0.15, 0.2) is 42.6 Å². The molecule has 1 aromatic carbocycles. The van der Waals surface area contributed by atoms with E-state index >= 15 is 0 Å². The van der Waals surface area contributed by atoms with Crippen LogP contribution in [0.25, 0.3) is 5.00 Å². The molecule has 33 heavy (non-hydrogen) atoms. The van der Waals surface area contributed by atoms with Gasteiger partial charge in [-0.25, -0.2) is 4.79 Å². The fourth-order valence-electron chi connectivity index (χ4n) is 4.92. The van der Waals surface area contributed by atoms with Gasteiger partial charge in [-0.1, -0.05) is 37.6 Å². The zero-order chi connectivity index (χ0) is 23.1. The Morgan fingerprint density at radius 3 is 2.73 bits per heavy atom. The van der Waals surface area contributed by atoms with Crippen LogP contribution in [0.5, 0.6) is 0 Å². The third-order valence-electron chi connectivity index (χ3n) is 6.70. The zero-order valence-corrected chi connectivity index (χ0v) is 21.0. The van der Waals surface area contributed by atoms with Crippen molar-refractivity contribution in [2.24, 2.45) is 5.92 Å². The molecule has 1 atom stereocenters. The van der Waals surface area contributed by atoms with Gasteiger partial charge in [0.15, 0.2) is 0 Å². The number of urea groups is 1. The van der Waals surface area contributed by atoms with Crippen LogP contribution in [0.4, 0.5) is 4.79 Å². The molecule has 2 aromatic heterocycles. The van der Waals surface area contributed by atoms with E-state index in [9.17, 15) is 4.79 Å². The van der Waals surface area contributed by atoms with Crippen molar-refractivity contribution in [2.75, 3.05) is 20.1 Å². The molecule has 0 saturated carbocycles. The summed E-state index contributed by atoms with van der Waals surface area (Å²) in [5.74, 6) is 0.547. The van der Waals surface area contributed by atoms with E-state index in [-0.39, 0.29) is 12.1 Å². The number of fused-ring (bicyclic) bond motifs is 5. The van der Waals surface area contributed by atoms with Gasteiger partial charge in [0.2, 0.25) is 0 Å². The second-order valence-electron chi connectivity index (χ2n) is 9.57. The van der Waals surface area contributed by atoms with Gasteiger partial charge in [0.05, 0.1) is 18.3 Å². The maximum atomic E-state index is 13.6. The molecule has 2 amide bonds. The molecule has 2 aliphatic heterocycles. The van der Waals surface area contributed by atoms with Crippen molar-refractivity contribution in [2.45, 2.75) is 45.8 Å². The molecule has 0 radical (unpaired) electrons. The van der Waals surface area contributed by atoms with Crippen molar-refractivity contribution in [1.82, 2.24) is 19.7 Å². The molecule has 0 fully saturated rings. The fourth-order valence-corrected chi connectivity index (χ4v) is 6.49. The number of nitrogens with one attached hydrogen (secondary N) is 1. The number of carbonyl (C=O) groups excluding carboxylic acids is 1. The lowest BCUT2D eigenvalue weighted by Crippen LogP contribution is -2.42. The molecule has 174 valence electrons. The summed E-state index contributed by atoms with van der Waals surface area (Å²) in [4.78, 5) is 19.5. The first kappa shape index (κ1) is 22.5. The third-order valence-corrected chi connectivity index (χ3v) is 8.21. The highest BCUT2D eigenvalue weighted by molar-refractivity contribution is 7.15. The first-order chi connectivity index (χ1) is 15.9. The highest BCUT2D eigenvalue weighted by Crippen LogP contribution is 2.43. The van der Waals surface area contributed by atoms with Gasteiger partial charge >= 0.3 is 6.03 Å². The van der Waals surface area contributed by atoms with Gasteiger partial charge in [-0.15, -0.1) is 11.3 Å². The summed E-state index contributed by atoms with van der Waals surface area (Å²) < 4.78 is 2.30. The van der Waals surface area contributed by atoms with Crippen LogP contribution in [-0.4, -0.2) is 40.5 Å². The lowest BCUT2D eigenvalue weighted by Gasteiger charge is -2.32. The molecule has 0 unspecified atom stereocenters. The van der Waals surface area contributed by atoms with Gasteiger partial charge in [0.1, 0.15) is 5.00 Å². The molecule has 2 aliphatic rings. The van der Waals surface area contributed by atoms with Crippen LogP contribution in [-0.2, 0) is 19.5 Å². The second-order valence-corrected chi connectivity index (χ2v) is 11.1. The Hall–Kier alpha value is -2.28. The number of amides is 2. The van der Waals surface area contributed by atoms with E-state index in [0.717, 1.165) is 37.2 Å². The number of benzene rings is 1. The first-order valence-electron chi connectivity index (χ1n) is 11.7. The summed E-state index contributed by atoms with van der Waals surface area (Å²) in [6, 6.07) is 12.0. The van der Waals surface area contributed by atoms with Gasteiger partial charge < -0.3 is 19.7 Å². The van der Waals surface area contributed by atoms with E-state index in [1.165, 1.54) is 21.0 Å². The molecule has 3 aromatic rings. The highest BCUT2D eigenvalue weighted by atomic mass is 35.5. The zero-order valence-electron chi connectivity index (χ0n) is 19.5. The lowest BCUT2D eigenvalue weighted by atomic mass is 10.0. The Morgan fingerprint density at radius 1 is 1.18 bits per heavy atom. The number of hydrogen-bond donors (Lipinski definition) is 1. The Bertz CT molecular complexity index is 1150. The highest BCUT2D eigenvalue weighted by Gasteiger charge is 2.36. The summed E-state index contributed by atoms with van der Waals surface area (Å²) in [6.45, 7) is 7.68. The normalized spacial score (nSPS) is 18.0. The van der Waals surface area contributed by atoms with E-state index in [1.807, 2.05) is 40.5 Å². The van der Waals surface area contributed by atoms with Crippen molar-refractivity contribution < 1.29 is 4.79 Å². The predicted molar refractivity (Wildman–Crippen MR) is 135 cm³/mol. The van der Waals surface area contributed by atoms with E-state index in [2.05, 4.69) is 54.0 Å². The van der Waals surface area contributed by atoms with Crippen molar-refractivity contribution in [3.05, 3.63) is 74.9 Å². The number of carbonyl (C=O) groups is 1. The Labute approximate surface area is 205 Å². The van der Waals surface area contributed by atoms with Crippen molar-refractivity contribution in [1.29, 1.82) is 0 Å². The Kier molecular flexibility index (Phi) is 6.25. The van der Waals surface area contributed by atoms with Gasteiger partial charge in [-0.3, -0.25) is 0 Å². The summed E-state index contributed by atoms with van der Waals surface area (Å²) in [5, 5.41) is 5.16. The SMILES string of the molecule is CC(C)CCNC(=O)N1Cc2c(sc3c2CCN(C)C3)-n2cccc2[C@@H]1c1ccc(Cl)cc1. The lowest BCUT2D eigenvalue weighted by molar-refractivity contribution is 0.180. The van der Waals surface area contributed by atoms with Crippen LogP contribution in [0.2, 0.25) is 5.02 Å². The van der Waals surface area contributed by atoms with Gasteiger partial charge in [0.25, 0.3) is 0 Å². The predicted octanol–water partition coefficient (Wildman–Crippen LogP) is 5.84. The molecule has 0 saturated heterocycles. The fraction of sp³-hybridized carbons (Fsp3) is 0.423. The number of hydrogen-bond acceptors (Lipinski definition) is 3. The van der Waals surface area contributed by atoms with Crippen molar-refractivity contribution in [3.63, 3.8) is 0 Å². The molecule has 7 heteroatoms. The smallest absolute Gasteiger partial charge is 0.318 e. The Balaban J connectivity index is 1.61. The average molecular weight is 483 g/mol. The van der Waals surface area contributed by atoms with E-state index in [1.54, 1.807) is 0 Å². The molecule has 4 heterocycles. The number of halogens is 1. The van der Waals surface area contributed by atoms with Crippen LogP contribution in [0, 0.1) is 5.92 Å². The molecule has 1 N–H and O–H groups in total. The Morgan fingerprint density at radius 2 is 1.97 bits per heavy atom. The largest absolute Gasteiger partial charge is 0.338 e. The quantitative estimate of drug-likeness (QED) is 0.507. The minimum atomic E-state index is -0.183. The monoisotopic (exact) mass is 482 g/mol. The van der Waals surface area contributed by atoms with E-state index in [0.29, 0.717) is 24.0 Å². The van der Waals surface area contributed by atoms with Gasteiger partial charge in [-0.2, -0.15) is 0 Å². The number of rotatable bonds is 4. The second kappa shape index (κ2) is 9.16. The molecule has 5 rings (SSSR count). The number of thiophene rings is 1.